The fourth-order valence-corrected chi connectivity index (χ4v) is 4.33. The second kappa shape index (κ2) is 10.6. The maximum absolute atomic E-state index is 13.5. The number of nitro benzene ring substituents is 1. The van der Waals surface area contributed by atoms with Gasteiger partial charge in [-0.25, -0.2) is 0 Å². The van der Waals surface area contributed by atoms with Gasteiger partial charge in [-0.05, 0) is 43.9 Å². The molecule has 2 aromatic rings. The van der Waals surface area contributed by atoms with Crippen LogP contribution in [0.5, 0.6) is 11.5 Å². The number of fused-ring (bicyclic) bond motifs is 1. The highest BCUT2D eigenvalue weighted by Gasteiger charge is 2.27. The molecular formula is C25H30N4O6. The van der Waals surface area contributed by atoms with Crippen molar-refractivity contribution in [1.29, 1.82) is 0 Å². The third-order valence-electron chi connectivity index (χ3n) is 6.38. The first-order chi connectivity index (χ1) is 16.9. The van der Waals surface area contributed by atoms with Gasteiger partial charge in [0.25, 0.3) is 11.6 Å². The van der Waals surface area contributed by atoms with Crippen LogP contribution in [-0.2, 0) is 4.79 Å². The summed E-state index contributed by atoms with van der Waals surface area (Å²) < 4.78 is 11.0. The first-order valence-electron chi connectivity index (χ1n) is 11.9. The number of piperidine rings is 1. The Kier molecular flexibility index (Phi) is 7.38. The Bertz CT molecular complexity index is 1110. The lowest BCUT2D eigenvalue weighted by molar-refractivity contribution is -0.384. The molecule has 2 aliphatic heterocycles. The number of hydrogen-bond donors (Lipinski definition) is 1. The first-order valence-corrected chi connectivity index (χ1v) is 11.9. The molecule has 1 N–H and O–H groups in total. The molecule has 35 heavy (non-hydrogen) atoms. The molecular weight excluding hydrogens is 452 g/mol. The SMILES string of the molecule is CCN(CC(=O)Nc1ccc2c(c1)OCCO2)C(=O)c1cc([N+](=O)[O-])ccc1N1CCC(C)CC1. The molecule has 0 saturated carbocycles. The number of hydrogen-bond acceptors (Lipinski definition) is 7. The lowest BCUT2D eigenvalue weighted by atomic mass is 9.97. The van der Waals surface area contributed by atoms with Crippen LogP contribution in [0.15, 0.2) is 36.4 Å². The van der Waals surface area contributed by atoms with Crippen LogP contribution in [-0.4, -0.2) is 61.0 Å². The molecule has 4 rings (SSSR count). The van der Waals surface area contributed by atoms with E-state index in [9.17, 15) is 19.7 Å². The summed E-state index contributed by atoms with van der Waals surface area (Å²) in [4.78, 5) is 40.7. The molecule has 2 heterocycles. The number of benzene rings is 2. The standard InChI is InChI=1S/C25H30N4O6/c1-3-27(16-24(30)26-18-4-7-22-23(14-18)35-13-12-34-22)25(31)20-15-19(29(32)33)5-6-21(20)28-10-8-17(2)9-11-28/h4-7,14-15,17H,3,8-13,16H2,1-2H3,(H,26,30). The fraction of sp³-hybridized carbons (Fsp3) is 0.440. The lowest BCUT2D eigenvalue weighted by Gasteiger charge is -2.34. The van der Waals surface area contributed by atoms with Crippen LogP contribution in [0.4, 0.5) is 17.1 Å². The number of nitrogens with one attached hydrogen (secondary N) is 1. The Labute approximate surface area is 203 Å². The largest absolute Gasteiger partial charge is 0.486 e. The van der Waals surface area contributed by atoms with Crippen LogP contribution in [0.25, 0.3) is 0 Å². The number of rotatable bonds is 7. The third-order valence-corrected chi connectivity index (χ3v) is 6.38. The zero-order valence-electron chi connectivity index (χ0n) is 20.0. The van der Waals surface area contributed by atoms with Gasteiger partial charge in [-0.15, -0.1) is 0 Å². The third kappa shape index (κ3) is 5.64. The smallest absolute Gasteiger partial charge is 0.270 e. The van der Waals surface area contributed by atoms with Crippen molar-refractivity contribution in [1.82, 2.24) is 4.90 Å². The molecule has 0 aliphatic carbocycles. The molecule has 10 heteroatoms. The van der Waals surface area contributed by atoms with Gasteiger partial charge in [0.1, 0.15) is 19.8 Å². The zero-order valence-corrected chi connectivity index (χ0v) is 20.0. The zero-order chi connectivity index (χ0) is 24.9. The number of anilines is 2. The van der Waals surface area contributed by atoms with Gasteiger partial charge in [0.2, 0.25) is 5.91 Å². The van der Waals surface area contributed by atoms with Gasteiger partial charge in [-0.2, -0.15) is 0 Å². The molecule has 1 saturated heterocycles. The summed E-state index contributed by atoms with van der Waals surface area (Å²) in [5.74, 6) is 0.970. The summed E-state index contributed by atoms with van der Waals surface area (Å²) in [5, 5.41) is 14.2. The Morgan fingerprint density at radius 3 is 2.51 bits per heavy atom. The first kappa shape index (κ1) is 24.3. The molecule has 0 spiro atoms. The molecule has 2 amide bonds. The number of carbonyl (C=O) groups excluding carboxylic acids is 2. The van der Waals surface area contributed by atoms with Crippen molar-refractivity contribution in [3.8, 4) is 11.5 Å². The maximum atomic E-state index is 13.5. The lowest BCUT2D eigenvalue weighted by Crippen LogP contribution is -2.39. The van der Waals surface area contributed by atoms with Crippen molar-refractivity contribution in [3.63, 3.8) is 0 Å². The van der Waals surface area contributed by atoms with Gasteiger partial charge in [0, 0.05) is 43.5 Å². The van der Waals surface area contributed by atoms with Crippen molar-refractivity contribution in [2.24, 2.45) is 5.92 Å². The van der Waals surface area contributed by atoms with Crippen molar-refractivity contribution in [2.75, 3.05) is 49.6 Å². The Balaban J connectivity index is 1.51. The molecule has 2 aromatic carbocycles. The average molecular weight is 483 g/mol. The van der Waals surface area contributed by atoms with Crippen LogP contribution in [0.1, 0.15) is 37.0 Å². The predicted molar refractivity (Wildman–Crippen MR) is 131 cm³/mol. The molecule has 2 aliphatic rings. The van der Waals surface area contributed by atoms with E-state index in [4.69, 9.17) is 9.47 Å². The topological polar surface area (TPSA) is 114 Å². The van der Waals surface area contributed by atoms with E-state index < -0.39 is 10.8 Å². The normalized spacial score (nSPS) is 15.4. The van der Waals surface area contributed by atoms with Crippen LogP contribution in [0.2, 0.25) is 0 Å². The second-order valence-electron chi connectivity index (χ2n) is 8.85. The number of non-ortho nitro benzene ring substituents is 1. The molecule has 0 aromatic heterocycles. The minimum atomic E-state index is -0.510. The van der Waals surface area contributed by atoms with Gasteiger partial charge in [0.15, 0.2) is 11.5 Å². The number of amides is 2. The Morgan fingerprint density at radius 1 is 1.11 bits per heavy atom. The van der Waals surface area contributed by atoms with Gasteiger partial charge in [0.05, 0.1) is 16.2 Å². The number of likely N-dealkylation sites (N-methyl/N-ethyl adjacent to an activating group) is 1. The summed E-state index contributed by atoms with van der Waals surface area (Å²) in [6.45, 7) is 6.50. The van der Waals surface area contributed by atoms with Crippen molar-refractivity contribution in [3.05, 3.63) is 52.1 Å². The van der Waals surface area contributed by atoms with Crippen LogP contribution < -0.4 is 19.7 Å². The van der Waals surface area contributed by atoms with E-state index in [0.717, 1.165) is 25.9 Å². The second-order valence-corrected chi connectivity index (χ2v) is 8.85. The van der Waals surface area contributed by atoms with Crippen LogP contribution in [0, 0.1) is 16.0 Å². The summed E-state index contributed by atoms with van der Waals surface area (Å²) in [6, 6.07) is 9.50. The number of ether oxygens (including phenoxy) is 2. The maximum Gasteiger partial charge on any atom is 0.270 e. The Hall–Kier alpha value is -3.82. The highest BCUT2D eigenvalue weighted by atomic mass is 16.6. The monoisotopic (exact) mass is 482 g/mol. The van der Waals surface area contributed by atoms with Gasteiger partial charge in [-0.1, -0.05) is 6.92 Å². The summed E-state index contributed by atoms with van der Waals surface area (Å²) in [5.41, 5.74) is 1.28. The minimum Gasteiger partial charge on any atom is -0.486 e. The predicted octanol–water partition coefficient (Wildman–Crippen LogP) is 3.70. The summed E-state index contributed by atoms with van der Waals surface area (Å²) in [7, 11) is 0. The van der Waals surface area contributed by atoms with Crippen LogP contribution in [0.3, 0.4) is 0 Å². The molecule has 0 bridgehead atoms. The summed E-state index contributed by atoms with van der Waals surface area (Å²) in [6.07, 6.45) is 1.97. The van der Waals surface area contributed by atoms with Gasteiger partial charge < -0.3 is 24.6 Å². The molecule has 0 unspecified atom stereocenters. The van der Waals surface area contributed by atoms with E-state index in [1.54, 1.807) is 31.2 Å². The summed E-state index contributed by atoms with van der Waals surface area (Å²) >= 11 is 0. The minimum absolute atomic E-state index is 0.153. The Morgan fingerprint density at radius 2 is 1.83 bits per heavy atom. The fourth-order valence-electron chi connectivity index (χ4n) is 4.33. The van der Waals surface area contributed by atoms with Gasteiger partial charge >= 0.3 is 0 Å². The van der Waals surface area contributed by atoms with Crippen molar-refractivity contribution < 1.29 is 24.0 Å². The number of nitrogens with zero attached hydrogens (tertiary/aromatic N) is 3. The van der Waals surface area contributed by atoms with Gasteiger partial charge in [-0.3, -0.25) is 19.7 Å². The quantitative estimate of drug-likeness (QED) is 0.473. The number of carbonyl (C=O) groups is 2. The van der Waals surface area contributed by atoms with Crippen molar-refractivity contribution >= 4 is 28.9 Å². The highest BCUT2D eigenvalue weighted by molar-refractivity contribution is 6.03. The van der Waals surface area contributed by atoms with Crippen LogP contribution >= 0.6 is 0 Å². The van der Waals surface area contributed by atoms with E-state index in [1.165, 1.54) is 17.0 Å². The van der Waals surface area contributed by atoms with E-state index in [1.807, 2.05) is 0 Å². The molecule has 0 radical (unpaired) electrons. The highest BCUT2D eigenvalue weighted by Crippen LogP contribution is 2.33. The molecule has 10 nitrogen and oxygen atoms in total. The van der Waals surface area contributed by atoms with E-state index >= 15 is 0 Å². The number of nitro groups is 1. The van der Waals surface area contributed by atoms with E-state index in [2.05, 4.69) is 17.1 Å². The van der Waals surface area contributed by atoms with Crippen molar-refractivity contribution in [2.45, 2.75) is 26.7 Å². The van der Waals surface area contributed by atoms with E-state index in [0.29, 0.717) is 42.0 Å². The average Bonchev–Trinajstić information content (AvgIpc) is 2.87. The molecule has 186 valence electrons. The molecule has 0 atom stereocenters. The van der Waals surface area contributed by atoms with E-state index in [-0.39, 0.29) is 30.2 Å². The molecule has 1 fully saturated rings.